The molecule has 0 aromatic heterocycles. The van der Waals surface area contributed by atoms with Crippen molar-refractivity contribution < 1.29 is 4.74 Å². The standard InChI is InChI=1S/C17H18O/c1-4-12-10-11-5-3-9-17-13(11)6-2-8-15(17)18-14(7-1)16(12)17/h1-2,4,6-7,11,13,15H,3,5,8-10H2/t11-,13?,15?,17?/m1/s1. The van der Waals surface area contributed by atoms with Crippen molar-refractivity contribution in [3.8, 4) is 5.75 Å². The van der Waals surface area contributed by atoms with E-state index in [1.54, 1.807) is 11.1 Å². The van der Waals surface area contributed by atoms with Gasteiger partial charge in [0.1, 0.15) is 11.9 Å². The molecule has 5 rings (SSSR count). The van der Waals surface area contributed by atoms with Gasteiger partial charge in [-0.3, -0.25) is 0 Å². The van der Waals surface area contributed by atoms with Crippen LogP contribution in [-0.2, 0) is 11.8 Å². The zero-order valence-electron chi connectivity index (χ0n) is 10.6. The van der Waals surface area contributed by atoms with Gasteiger partial charge in [-0.1, -0.05) is 30.7 Å². The Balaban J connectivity index is 1.86. The minimum Gasteiger partial charge on any atom is -0.489 e. The van der Waals surface area contributed by atoms with E-state index in [-0.39, 0.29) is 0 Å². The first kappa shape index (κ1) is 9.66. The maximum absolute atomic E-state index is 6.33. The fourth-order valence-electron chi connectivity index (χ4n) is 5.33. The Kier molecular flexibility index (Phi) is 1.62. The van der Waals surface area contributed by atoms with E-state index in [0.717, 1.165) is 18.3 Å². The predicted octanol–water partition coefficient (Wildman–Crippen LogP) is 3.62. The number of rotatable bonds is 0. The van der Waals surface area contributed by atoms with Gasteiger partial charge in [-0.25, -0.2) is 0 Å². The molecule has 0 amide bonds. The second-order valence-corrected chi connectivity index (χ2v) is 6.48. The van der Waals surface area contributed by atoms with E-state index in [4.69, 9.17) is 4.74 Å². The summed E-state index contributed by atoms with van der Waals surface area (Å²) in [7, 11) is 0. The van der Waals surface area contributed by atoms with Crippen molar-refractivity contribution in [1.29, 1.82) is 0 Å². The average Bonchev–Trinajstić information content (AvgIpc) is 2.70. The van der Waals surface area contributed by atoms with Gasteiger partial charge in [-0.15, -0.1) is 0 Å². The molecule has 0 radical (unpaired) electrons. The third kappa shape index (κ3) is 0.899. The fraction of sp³-hybridized carbons (Fsp3) is 0.529. The van der Waals surface area contributed by atoms with Crippen molar-refractivity contribution in [3.05, 3.63) is 41.5 Å². The van der Waals surface area contributed by atoms with Gasteiger partial charge in [0, 0.05) is 17.4 Å². The third-order valence-electron chi connectivity index (χ3n) is 5.87. The van der Waals surface area contributed by atoms with E-state index in [0.29, 0.717) is 11.5 Å². The number of allylic oxidation sites excluding steroid dienone is 1. The van der Waals surface area contributed by atoms with Crippen LogP contribution >= 0.6 is 0 Å². The molecule has 1 nitrogen and oxygen atoms in total. The Morgan fingerprint density at radius 2 is 2.28 bits per heavy atom. The second-order valence-electron chi connectivity index (χ2n) is 6.48. The summed E-state index contributed by atoms with van der Waals surface area (Å²) in [4.78, 5) is 0. The van der Waals surface area contributed by atoms with Crippen LogP contribution in [0.1, 0.15) is 36.8 Å². The van der Waals surface area contributed by atoms with Crippen LogP contribution in [0.4, 0.5) is 0 Å². The lowest BCUT2D eigenvalue weighted by molar-refractivity contribution is 0.0394. The van der Waals surface area contributed by atoms with Crippen LogP contribution in [0.2, 0.25) is 0 Å². The Morgan fingerprint density at radius 3 is 3.28 bits per heavy atom. The van der Waals surface area contributed by atoms with Gasteiger partial charge >= 0.3 is 0 Å². The highest BCUT2D eigenvalue weighted by molar-refractivity contribution is 5.55. The average molecular weight is 238 g/mol. The van der Waals surface area contributed by atoms with Gasteiger partial charge in [0.05, 0.1) is 0 Å². The van der Waals surface area contributed by atoms with Crippen LogP contribution in [0.5, 0.6) is 5.75 Å². The molecule has 1 aromatic carbocycles. The van der Waals surface area contributed by atoms with Crippen molar-refractivity contribution in [3.63, 3.8) is 0 Å². The largest absolute Gasteiger partial charge is 0.489 e. The Morgan fingerprint density at radius 1 is 1.28 bits per heavy atom. The highest BCUT2D eigenvalue weighted by Gasteiger charge is 2.60. The maximum Gasteiger partial charge on any atom is 0.123 e. The van der Waals surface area contributed by atoms with Crippen molar-refractivity contribution >= 4 is 0 Å². The summed E-state index contributed by atoms with van der Waals surface area (Å²) in [5.74, 6) is 2.81. The first-order valence-corrected chi connectivity index (χ1v) is 7.35. The molecular formula is C17H18O. The molecule has 2 bridgehead atoms. The smallest absolute Gasteiger partial charge is 0.123 e. The quantitative estimate of drug-likeness (QED) is 0.627. The number of benzene rings is 1. The van der Waals surface area contributed by atoms with Crippen LogP contribution in [0.15, 0.2) is 30.4 Å². The molecule has 1 aliphatic heterocycles. The van der Waals surface area contributed by atoms with E-state index in [2.05, 4.69) is 30.4 Å². The fourth-order valence-corrected chi connectivity index (χ4v) is 5.33. The summed E-state index contributed by atoms with van der Waals surface area (Å²) >= 11 is 0. The van der Waals surface area contributed by atoms with Gasteiger partial charge in [-0.05, 0) is 42.7 Å². The van der Waals surface area contributed by atoms with Crippen LogP contribution in [0.3, 0.4) is 0 Å². The SMILES string of the molecule is C1=CC2[C@@H]3CCCC24c2c(cccc2OC4C1)C3. The van der Waals surface area contributed by atoms with Gasteiger partial charge < -0.3 is 4.74 Å². The van der Waals surface area contributed by atoms with E-state index in [1.165, 1.54) is 31.4 Å². The zero-order valence-corrected chi connectivity index (χ0v) is 10.6. The summed E-state index contributed by atoms with van der Waals surface area (Å²) < 4.78 is 6.33. The number of hydrogen-bond donors (Lipinski definition) is 0. The highest BCUT2D eigenvalue weighted by atomic mass is 16.5. The summed E-state index contributed by atoms with van der Waals surface area (Å²) in [5, 5.41) is 0. The van der Waals surface area contributed by atoms with Crippen LogP contribution < -0.4 is 4.74 Å². The molecule has 1 fully saturated rings. The Bertz CT molecular complexity index is 559. The first-order valence-electron chi connectivity index (χ1n) is 7.35. The van der Waals surface area contributed by atoms with Gasteiger partial charge in [0.2, 0.25) is 0 Å². The number of ether oxygens (including phenoxy) is 1. The van der Waals surface area contributed by atoms with Crippen LogP contribution in [-0.4, -0.2) is 6.10 Å². The molecule has 18 heavy (non-hydrogen) atoms. The molecule has 3 aliphatic carbocycles. The van der Waals surface area contributed by atoms with Crippen LogP contribution in [0.25, 0.3) is 0 Å². The van der Waals surface area contributed by atoms with Crippen molar-refractivity contribution in [2.75, 3.05) is 0 Å². The molecule has 0 saturated heterocycles. The topological polar surface area (TPSA) is 9.23 Å². The maximum atomic E-state index is 6.33. The summed E-state index contributed by atoms with van der Waals surface area (Å²) in [6.07, 6.45) is 11.8. The van der Waals surface area contributed by atoms with Gasteiger partial charge in [-0.2, -0.15) is 0 Å². The molecule has 1 saturated carbocycles. The summed E-state index contributed by atoms with van der Waals surface area (Å²) in [6.45, 7) is 0. The van der Waals surface area contributed by atoms with E-state index in [9.17, 15) is 0 Å². The van der Waals surface area contributed by atoms with Crippen LogP contribution in [0, 0.1) is 11.8 Å². The Hall–Kier alpha value is -1.24. The van der Waals surface area contributed by atoms with E-state index >= 15 is 0 Å². The summed E-state index contributed by atoms with van der Waals surface area (Å²) in [6, 6.07) is 6.72. The van der Waals surface area contributed by atoms with Gasteiger partial charge in [0.25, 0.3) is 0 Å². The van der Waals surface area contributed by atoms with E-state index < -0.39 is 0 Å². The zero-order chi connectivity index (χ0) is 11.7. The van der Waals surface area contributed by atoms with Gasteiger partial charge in [0.15, 0.2) is 0 Å². The molecule has 1 heterocycles. The lowest BCUT2D eigenvalue weighted by atomic mass is 9.50. The predicted molar refractivity (Wildman–Crippen MR) is 70.8 cm³/mol. The molecule has 1 spiro atoms. The molecule has 92 valence electrons. The van der Waals surface area contributed by atoms with Crippen molar-refractivity contribution in [2.24, 2.45) is 11.8 Å². The second kappa shape index (κ2) is 3.01. The summed E-state index contributed by atoms with van der Waals surface area (Å²) in [5.41, 5.74) is 3.54. The lowest BCUT2D eigenvalue weighted by Gasteiger charge is -2.52. The Labute approximate surface area is 108 Å². The molecular weight excluding hydrogens is 220 g/mol. The van der Waals surface area contributed by atoms with Crippen molar-refractivity contribution in [2.45, 2.75) is 43.6 Å². The molecule has 1 aromatic rings. The molecule has 3 unspecified atom stereocenters. The lowest BCUT2D eigenvalue weighted by Crippen LogP contribution is -2.53. The van der Waals surface area contributed by atoms with Crippen molar-refractivity contribution in [1.82, 2.24) is 0 Å². The monoisotopic (exact) mass is 238 g/mol. The number of hydrogen-bond acceptors (Lipinski definition) is 1. The first-order chi connectivity index (χ1) is 8.89. The third-order valence-corrected chi connectivity index (χ3v) is 5.87. The molecule has 4 atom stereocenters. The minimum atomic E-state index is 0.349. The normalized spacial score (nSPS) is 42.3. The molecule has 0 N–H and O–H groups in total. The molecule has 4 aliphatic rings. The van der Waals surface area contributed by atoms with E-state index in [1.807, 2.05) is 0 Å². The minimum absolute atomic E-state index is 0.349. The highest BCUT2D eigenvalue weighted by Crippen LogP contribution is 2.62. The molecule has 1 heteroatoms.